The highest BCUT2D eigenvalue weighted by Gasteiger charge is 2.33. The highest BCUT2D eigenvalue weighted by atomic mass is 16.5. The Morgan fingerprint density at radius 3 is 2.80 bits per heavy atom. The van der Waals surface area contributed by atoms with Crippen LogP contribution in [0.1, 0.15) is 55.6 Å². The summed E-state index contributed by atoms with van der Waals surface area (Å²) in [4.78, 5) is 16.4. The largest absolute Gasteiger partial charge is 0.487 e. The standard InChI is InChI=1S/C20H25N3O2/c1-4-11-21-19(24)14-9-10-18(22-13-14)23-16-12-20(2,3)25-17-8-6-5-7-15(16)17/h5-10,13,16H,4,11-12H2,1-3H3,(H,21,24)(H,22,23). The van der Waals surface area contributed by atoms with Gasteiger partial charge in [-0.05, 0) is 38.5 Å². The predicted molar refractivity (Wildman–Crippen MR) is 99.0 cm³/mol. The average Bonchev–Trinajstić information content (AvgIpc) is 2.59. The molecule has 25 heavy (non-hydrogen) atoms. The van der Waals surface area contributed by atoms with E-state index < -0.39 is 0 Å². The molecule has 2 aromatic rings. The summed E-state index contributed by atoms with van der Waals surface area (Å²) in [7, 11) is 0. The first kappa shape index (κ1) is 17.3. The van der Waals surface area contributed by atoms with Crippen LogP contribution in [0.5, 0.6) is 5.75 Å². The van der Waals surface area contributed by atoms with Gasteiger partial charge in [0.05, 0.1) is 11.6 Å². The number of anilines is 1. The first-order valence-electron chi connectivity index (χ1n) is 8.77. The van der Waals surface area contributed by atoms with E-state index >= 15 is 0 Å². The van der Waals surface area contributed by atoms with Crippen LogP contribution in [-0.2, 0) is 0 Å². The van der Waals surface area contributed by atoms with Crippen LogP contribution in [0.4, 0.5) is 5.82 Å². The molecule has 1 amide bonds. The van der Waals surface area contributed by atoms with E-state index in [-0.39, 0.29) is 17.6 Å². The number of nitrogens with zero attached hydrogens (tertiary/aromatic N) is 1. The van der Waals surface area contributed by atoms with Crippen LogP contribution in [0.3, 0.4) is 0 Å². The Morgan fingerprint density at radius 2 is 2.08 bits per heavy atom. The Morgan fingerprint density at radius 1 is 1.28 bits per heavy atom. The van der Waals surface area contributed by atoms with Gasteiger partial charge in [0, 0.05) is 24.7 Å². The lowest BCUT2D eigenvalue weighted by molar-refractivity contribution is 0.0758. The molecule has 3 rings (SSSR count). The highest BCUT2D eigenvalue weighted by molar-refractivity contribution is 5.94. The fraction of sp³-hybridized carbons (Fsp3) is 0.400. The lowest BCUT2D eigenvalue weighted by Crippen LogP contribution is -2.37. The van der Waals surface area contributed by atoms with Gasteiger partial charge in [0.25, 0.3) is 5.91 Å². The lowest BCUT2D eigenvalue weighted by atomic mass is 9.90. The SMILES string of the molecule is CCCNC(=O)c1ccc(NC2CC(C)(C)Oc3ccccc32)nc1. The fourth-order valence-electron chi connectivity index (χ4n) is 3.06. The van der Waals surface area contributed by atoms with Crippen molar-refractivity contribution in [2.75, 3.05) is 11.9 Å². The Labute approximate surface area is 148 Å². The van der Waals surface area contributed by atoms with Gasteiger partial charge >= 0.3 is 0 Å². The van der Waals surface area contributed by atoms with Crippen LogP contribution in [0.2, 0.25) is 0 Å². The molecule has 1 aliphatic rings. The molecule has 0 fully saturated rings. The van der Waals surface area contributed by atoms with Gasteiger partial charge in [0.2, 0.25) is 0 Å². The number of para-hydroxylation sites is 1. The van der Waals surface area contributed by atoms with Crippen molar-refractivity contribution >= 4 is 11.7 Å². The third-order valence-electron chi connectivity index (χ3n) is 4.26. The van der Waals surface area contributed by atoms with Crippen molar-refractivity contribution in [1.82, 2.24) is 10.3 Å². The van der Waals surface area contributed by atoms with Gasteiger partial charge in [-0.3, -0.25) is 4.79 Å². The molecule has 0 saturated carbocycles. The zero-order valence-corrected chi connectivity index (χ0v) is 15.0. The summed E-state index contributed by atoms with van der Waals surface area (Å²) < 4.78 is 6.06. The number of hydrogen-bond donors (Lipinski definition) is 2. The molecular formula is C20H25N3O2. The summed E-state index contributed by atoms with van der Waals surface area (Å²) >= 11 is 0. The number of nitrogens with one attached hydrogen (secondary N) is 2. The van der Waals surface area contributed by atoms with Crippen LogP contribution in [0, 0.1) is 0 Å². The van der Waals surface area contributed by atoms with Crippen molar-refractivity contribution in [1.29, 1.82) is 0 Å². The van der Waals surface area contributed by atoms with E-state index in [1.807, 2.05) is 31.2 Å². The summed E-state index contributed by atoms with van der Waals surface area (Å²) in [5.74, 6) is 1.58. The summed E-state index contributed by atoms with van der Waals surface area (Å²) in [5, 5.41) is 6.34. The van der Waals surface area contributed by atoms with E-state index in [4.69, 9.17) is 4.74 Å². The summed E-state index contributed by atoms with van der Waals surface area (Å²) in [6.45, 7) is 6.88. The molecule has 1 atom stereocenters. The number of pyridine rings is 1. The second kappa shape index (κ2) is 7.13. The van der Waals surface area contributed by atoms with Crippen LogP contribution in [0.15, 0.2) is 42.6 Å². The number of ether oxygens (including phenoxy) is 1. The minimum Gasteiger partial charge on any atom is -0.487 e. The van der Waals surface area contributed by atoms with Crippen LogP contribution in [0.25, 0.3) is 0 Å². The van der Waals surface area contributed by atoms with Crippen molar-refractivity contribution in [3.8, 4) is 5.75 Å². The summed E-state index contributed by atoms with van der Waals surface area (Å²) in [6, 6.07) is 11.9. The molecule has 2 N–H and O–H groups in total. The minimum absolute atomic E-state index is 0.0848. The molecule has 1 aromatic heterocycles. The molecule has 132 valence electrons. The van der Waals surface area contributed by atoms with Crippen LogP contribution >= 0.6 is 0 Å². The lowest BCUT2D eigenvalue weighted by Gasteiger charge is -2.38. The number of fused-ring (bicyclic) bond motifs is 1. The van der Waals surface area contributed by atoms with Gasteiger partial charge in [-0.25, -0.2) is 4.98 Å². The molecule has 0 radical (unpaired) electrons. The van der Waals surface area contributed by atoms with Gasteiger partial charge in [-0.1, -0.05) is 25.1 Å². The second-order valence-electron chi connectivity index (χ2n) is 6.99. The van der Waals surface area contributed by atoms with Gasteiger partial charge in [-0.2, -0.15) is 0 Å². The number of carbonyl (C=O) groups is 1. The number of benzene rings is 1. The van der Waals surface area contributed by atoms with Gasteiger partial charge in [-0.15, -0.1) is 0 Å². The Kier molecular flexibility index (Phi) is 4.93. The molecule has 0 saturated heterocycles. The molecule has 0 spiro atoms. The topological polar surface area (TPSA) is 63.2 Å². The van der Waals surface area contributed by atoms with Gasteiger partial charge < -0.3 is 15.4 Å². The molecule has 0 aliphatic carbocycles. The third-order valence-corrected chi connectivity index (χ3v) is 4.26. The van der Waals surface area contributed by atoms with Crippen molar-refractivity contribution in [3.63, 3.8) is 0 Å². The summed E-state index contributed by atoms with van der Waals surface area (Å²) in [6.07, 6.45) is 3.37. The van der Waals surface area contributed by atoms with Crippen molar-refractivity contribution in [2.45, 2.75) is 45.3 Å². The maximum Gasteiger partial charge on any atom is 0.252 e. The quantitative estimate of drug-likeness (QED) is 0.866. The number of rotatable bonds is 5. The smallest absolute Gasteiger partial charge is 0.252 e. The second-order valence-corrected chi connectivity index (χ2v) is 6.99. The fourth-order valence-corrected chi connectivity index (χ4v) is 3.06. The van der Waals surface area contributed by atoms with E-state index in [9.17, 15) is 4.79 Å². The first-order valence-corrected chi connectivity index (χ1v) is 8.77. The average molecular weight is 339 g/mol. The molecule has 1 aliphatic heterocycles. The van der Waals surface area contributed by atoms with E-state index in [1.54, 1.807) is 12.3 Å². The maximum absolute atomic E-state index is 12.0. The Bertz CT molecular complexity index is 741. The maximum atomic E-state index is 12.0. The molecule has 1 aromatic carbocycles. The van der Waals surface area contributed by atoms with Crippen molar-refractivity contribution in [2.24, 2.45) is 0 Å². The normalized spacial score (nSPS) is 18.0. The van der Waals surface area contributed by atoms with E-state index in [2.05, 4.69) is 35.5 Å². The van der Waals surface area contributed by atoms with Gasteiger partial charge in [0.1, 0.15) is 17.2 Å². The molecule has 0 bridgehead atoms. The van der Waals surface area contributed by atoms with Crippen LogP contribution in [-0.4, -0.2) is 23.0 Å². The summed E-state index contributed by atoms with van der Waals surface area (Å²) in [5.41, 5.74) is 1.46. The number of hydrogen-bond acceptors (Lipinski definition) is 4. The Hall–Kier alpha value is -2.56. The molecule has 5 heteroatoms. The zero-order valence-electron chi connectivity index (χ0n) is 15.0. The molecule has 2 heterocycles. The first-order chi connectivity index (χ1) is 12.0. The number of amides is 1. The van der Waals surface area contributed by atoms with E-state index in [0.717, 1.165) is 30.0 Å². The van der Waals surface area contributed by atoms with Gasteiger partial charge in [0.15, 0.2) is 0 Å². The number of carbonyl (C=O) groups excluding carboxylic acids is 1. The van der Waals surface area contributed by atoms with E-state index in [0.29, 0.717) is 12.1 Å². The predicted octanol–water partition coefficient (Wildman–Crippen LogP) is 3.94. The van der Waals surface area contributed by atoms with Crippen molar-refractivity contribution in [3.05, 3.63) is 53.7 Å². The van der Waals surface area contributed by atoms with Crippen molar-refractivity contribution < 1.29 is 9.53 Å². The third kappa shape index (κ3) is 4.10. The van der Waals surface area contributed by atoms with E-state index in [1.165, 1.54) is 0 Å². The monoisotopic (exact) mass is 339 g/mol. The molecule has 5 nitrogen and oxygen atoms in total. The number of aromatic nitrogens is 1. The zero-order chi connectivity index (χ0) is 17.9. The molecule has 1 unspecified atom stereocenters. The highest BCUT2D eigenvalue weighted by Crippen LogP contribution is 2.40. The minimum atomic E-state index is -0.244. The van der Waals surface area contributed by atoms with Crippen LogP contribution < -0.4 is 15.4 Å². The molecular weight excluding hydrogens is 314 g/mol. The Balaban J connectivity index is 1.75.